The molecule has 156 valence electrons. The second-order valence-corrected chi connectivity index (χ2v) is 7.30. The summed E-state index contributed by atoms with van der Waals surface area (Å²) in [7, 11) is 1.46. The summed E-state index contributed by atoms with van der Waals surface area (Å²) in [5.41, 5.74) is 2.42. The Bertz CT molecular complexity index is 1110. The Morgan fingerprint density at radius 2 is 1.87 bits per heavy atom. The molecule has 0 saturated heterocycles. The number of hydrogen-bond acceptors (Lipinski definition) is 5. The fourth-order valence-electron chi connectivity index (χ4n) is 2.85. The molecule has 1 heterocycles. The summed E-state index contributed by atoms with van der Waals surface area (Å²) in [5, 5.41) is 20.6. The summed E-state index contributed by atoms with van der Waals surface area (Å²) < 4.78 is 6.83. The third-order valence-corrected chi connectivity index (χ3v) is 5.12. The van der Waals surface area contributed by atoms with E-state index in [1.807, 2.05) is 6.07 Å². The van der Waals surface area contributed by atoms with E-state index in [4.69, 9.17) is 33.0 Å². The summed E-state index contributed by atoms with van der Waals surface area (Å²) >= 11 is 12.0. The smallest absolute Gasteiger partial charge is 0.307 e. The van der Waals surface area contributed by atoms with Crippen molar-refractivity contribution < 1.29 is 19.4 Å². The first-order valence-corrected chi connectivity index (χ1v) is 9.58. The highest BCUT2D eigenvalue weighted by molar-refractivity contribution is 6.42. The number of carboxylic acid groups (broad SMARTS) is 1. The number of amides is 1. The molecule has 0 unspecified atom stereocenters. The van der Waals surface area contributed by atoms with E-state index in [0.29, 0.717) is 39.3 Å². The minimum Gasteiger partial charge on any atom is -0.495 e. The van der Waals surface area contributed by atoms with Crippen LogP contribution in [0.1, 0.15) is 27.3 Å². The van der Waals surface area contributed by atoms with Crippen molar-refractivity contribution in [2.45, 2.75) is 19.9 Å². The van der Waals surface area contributed by atoms with Gasteiger partial charge in [0.1, 0.15) is 5.75 Å². The van der Waals surface area contributed by atoms with Crippen molar-refractivity contribution in [3.63, 3.8) is 0 Å². The molecule has 0 aliphatic heterocycles. The summed E-state index contributed by atoms with van der Waals surface area (Å²) in [4.78, 5) is 23.7. The quantitative estimate of drug-likeness (QED) is 0.568. The lowest BCUT2D eigenvalue weighted by atomic mass is 10.1. The standard InChI is InChI=1S/C20H18Cl2N4O4/c1-11-19(24-25-26(11)10-13-3-5-14(21)15(22)7-13)20(29)23-16-8-12(9-18(27)28)4-6-17(16)30-2/h3-8H,9-10H2,1-2H3,(H,23,29)(H,27,28). The summed E-state index contributed by atoms with van der Waals surface area (Å²) in [6.45, 7) is 2.09. The van der Waals surface area contributed by atoms with Gasteiger partial charge in [-0.2, -0.15) is 0 Å². The van der Waals surface area contributed by atoms with Gasteiger partial charge >= 0.3 is 5.97 Å². The Hall–Kier alpha value is -3.10. The highest BCUT2D eigenvalue weighted by Crippen LogP contribution is 2.27. The predicted octanol–water partition coefficient (Wildman–Crippen LogP) is 3.83. The molecule has 1 amide bonds. The van der Waals surface area contributed by atoms with Crippen LogP contribution in [0.15, 0.2) is 36.4 Å². The van der Waals surface area contributed by atoms with Crippen LogP contribution in [0, 0.1) is 6.92 Å². The van der Waals surface area contributed by atoms with Crippen molar-refractivity contribution in [1.82, 2.24) is 15.0 Å². The Balaban J connectivity index is 1.81. The molecule has 0 fully saturated rings. The topological polar surface area (TPSA) is 106 Å². The number of hydrogen-bond donors (Lipinski definition) is 2. The molecule has 0 atom stereocenters. The number of anilines is 1. The minimum absolute atomic E-state index is 0.140. The average molecular weight is 449 g/mol. The lowest BCUT2D eigenvalue weighted by molar-refractivity contribution is -0.136. The summed E-state index contributed by atoms with van der Waals surface area (Å²) in [6.07, 6.45) is -0.175. The largest absolute Gasteiger partial charge is 0.495 e. The number of halogens is 2. The van der Waals surface area contributed by atoms with E-state index in [0.717, 1.165) is 5.56 Å². The van der Waals surface area contributed by atoms with Crippen LogP contribution >= 0.6 is 23.2 Å². The molecule has 0 aliphatic carbocycles. The number of benzene rings is 2. The molecule has 3 aromatic rings. The van der Waals surface area contributed by atoms with Gasteiger partial charge in [0.2, 0.25) is 0 Å². The van der Waals surface area contributed by atoms with Crippen LogP contribution in [0.5, 0.6) is 5.75 Å². The molecule has 8 nitrogen and oxygen atoms in total. The van der Waals surface area contributed by atoms with Crippen LogP contribution in [-0.2, 0) is 17.8 Å². The van der Waals surface area contributed by atoms with Crippen LogP contribution < -0.4 is 10.1 Å². The fourth-order valence-corrected chi connectivity index (χ4v) is 3.17. The maximum absolute atomic E-state index is 12.8. The van der Waals surface area contributed by atoms with Crippen LogP contribution in [0.3, 0.4) is 0 Å². The van der Waals surface area contributed by atoms with Gasteiger partial charge < -0.3 is 15.2 Å². The predicted molar refractivity (Wildman–Crippen MR) is 113 cm³/mol. The highest BCUT2D eigenvalue weighted by atomic mass is 35.5. The van der Waals surface area contributed by atoms with Gasteiger partial charge in [0.05, 0.1) is 41.5 Å². The lowest BCUT2D eigenvalue weighted by Crippen LogP contribution is -2.15. The molecule has 0 spiro atoms. The zero-order valence-electron chi connectivity index (χ0n) is 16.1. The number of nitrogens with zero attached hydrogens (tertiary/aromatic N) is 3. The van der Waals surface area contributed by atoms with Crippen LogP contribution in [-0.4, -0.2) is 39.1 Å². The number of nitrogens with one attached hydrogen (secondary N) is 1. The summed E-state index contributed by atoms with van der Waals surface area (Å²) in [5.74, 6) is -1.06. The van der Waals surface area contributed by atoms with E-state index in [1.165, 1.54) is 7.11 Å². The normalized spacial score (nSPS) is 10.7. The maximum Gasteiger partial charge on any atom is 0.307 e. The van der Waals surface area contributed by atoms with Gasteiger partial charge in [-0.05, 0) is 42.3 Å². The number of carbonyl (C=O) groups is 2. The molecule has 0 bridgehead atoms. The lowest BCUT2D eigenvalue weighted by Gasteiger charge is -2.11. The second kappa shape index (κ2) is 9.15. The van der Waals surface area contributed by atoms with Crippen LogP contribution in [0.25, 0.3) is 0 Å². The zero-order valence-corrected chi connectivity index (χ0v) is 17.7. The summed E-state index contributed by atoms with van der Waals surface area (Å²) in [6, 6.07) is 10.0. The van der Waals surface area contributed by atoms with Crippen molar-refractivity contribution >= 4 is 40.8 Å². The number of carboxylic acids is 1. The van der Waals surface area contributed by atoms with E-state index in [2.05, 4.69) is 15.6 Å². The molecule has 0 saturated carbocycles. The molecular weight excluding hydrogens is 431 g/mol. The van der Waals surface area contributed by atoms with Gasteiger partial charge in [-0.1, -0.05) is 40.5 Å². The molecule has 2 aromatic carbocycles. The first-order valence-electron chi connectivity index (χ1n) is 8.82. The third-order valence-electron chi connectivity index (χ3n) is 4.38. The SMILES string of the molecule is COc1ccc(CC(=O)O)cc1NC(=O)c1nnn(Cc2ccc(Cl)c(Cl)c2)c1C. The Morgan fingerprint density at radius 3 is 2.53 bits per heavy atom. The van der Waals surface area contributed by atoms with E-state index in [1.54, 1.807) is 41.9 Å². The van der Waals surface area contributed by atoms with Crippen LogP contribution in [0.2, 0.25) is 10.0 Å². The molecule has 2 N–H and O–H groups in total. The highest BCUT2D eigenvalue weighted by Gasteiger charge is 2.19. The number of rotatable bonds is 7. The van der Waals surface area contributed by atoms with Gasteiger partial charge in [-0.15, -0.1) is 5.10 Å². The van der Waals surface area contributed by atoms with E-state index in [-0.39, 0.29) is 12.1 Å². The van der Waals surface area contributed by atoms with Crippen molar-refractivity contribution in [3.05, 3.63) is 69.0 Å². The van der Waals surface area contributed by atoms with E-state index < -0.39 is 11.9 Å². The van der Waals surface area contributed by atoms with Gasteiger partial charge in [0.25, 0.3) is 5.91 Å². The Labute approximate surface area is 182 Å². The first kappa shape index (κ1) is 21.6. The molecule has 0 radical (unpaired) electrons. The minimum atomic E-state index is -0.974. The second-order valence-electron chi connectivity index (χ2n) is 6.49. The van der Waals surface area contributed by atoms with Gasteiger partial charge in [-0.25, -0.2) is 4.68 Å². The Morgan fingerprint density at radius 1 is 1.13 bits per heavy atom. The van der Waals surface area contributed by atoms with Gasteiger partial charge in [0, 0.05) is 0 Å². The fraction of sp³-hybridized carbons (Fsp3) is 0.200. The average Bonchev–Trinajstić information content (AvgIpc) is 3.05. The molecule has 30 heavy (non-hydrogen) atoms. The zero-order chi connectivity index (χ0) is 21.8. The van der Waals surface area contributed by atoms with Crippen LogP contribution in [0.4, 0.5) is 5.69 Å². The van der Waals surface area contributed by atoms with Gasteiger partial charge in [0.15, 0.2) is 5.69 Å². The van der Waals surface area contributed by atoms with Gasteiger partial charge in [-0.3, -0.25) is 9.59 Å². The number of aliphatic carboxylic acids is 1. The molecule has 1 aromatic heterocycles. The van der Waals surface area contributed by atoms with Crippen molar-refractivity contribution in [1.29, 1.82) is 0 Å². The molecule has 3 rings (SSSR count). The van der Waals surface area contributed by atoms with E-state index in [9.17, 15) is 9.59 Å². The van der Waals surface area contributed by atoms with Crippen molar-refractivity contribution in [2.75, 3.05) is 12.4 Å². The first-order chi connectivity index (χ1) is 14.3. The van der Waals surface area contributed by atoms with Crippen molar-refractivity contribution in [3.8, 4) is 5.75 Å². The monoisotopic (exact) mass is 448 g/mol. The number of aromatic nitrogens is 3. The Kier molecular flexibility index (Phi) is 6.59. The maximum atomic E-state index is 12.8. The van der Waals surface area contributed by atoms with Crippen molar-refractivity contribution in [2.24, 2.45) is 0 Å². The number of methoxy groups -OCH3 is 1. The number of ether oxygens (including phenoxy) is 1. The number of carbonyl (C=O) groups excluding carboxylic acids is 1. The molecule has 10 heteroatoms. The van der Waals surface area contributed by atoms with E-state index >= 15 is 0 Å². The molecule has 0 aliphatic rings. The molecular formula is C20H18Cl2N4O4. The third kappa shape index (κ3) is 4.90.